The third-order valence-electron chi connectivity index (χ3n) is 5.26. The van der Waals surface area contributed by atoms with Crippen molar-refractivity contribution in [2.45, 2.75) is 0 Å². The third kappa shape index (κ3) is 2.75. The summed E-state index contributed by atoms with van der Waals surface area (Å²) in [6.07, 6.45) is 3.85. The number of hydrogen-bond acceptors (Lipinski definition) is 5. The molecule has 0 amide bonds. The number of nitrogens with one attached hydrogen (secondary N) is 2. The van der Waals surface area contributed by atoms with Crippen molar-refractivity contribution in [2.24, 2.45) is 0 Å². The highest BCUT2D eigenvalue weighted by molar-refractivity contribution is 5.99. The molecule has 7 nitrogen and oxygen atoms in total. The molecule has 30 heavy (non-hydrogen) atoms. The van der Waals surface area contributed by atoms with Crippen LogP contribution in [0.3, 0.4) is 0 Å². The molecular weight excluding hydrogens is 380 g/mol. The van der Waals surface area contributed by atoms with Gasteiger partial charge < -0.3 is 19.2 Å². The summed E-state index contributed by atoms with van der Waals surface area (Å²) in [5.74, 6) is 1.70. The number of hydrogen-bond donors (Lipinski definition) is 2. The summed E-state index contributed by atoms with van der Waals surface area (Å²) in [4.78, 5) is 7.89. The lowest BCUT2D eigenvalue weighted by Crippen LogP contribution is -1.96. The summed E-state index contributed by atoms with van der Waals surface area (Å²) in [6, 6.07) is 14.1. The number of nitrogens with zero attached hydrogens (tertiary/aromatic N) is 2. The standard InChI is InChI=1S/C23H20N4O3/c1-28-19-9-13(10-20(29-2)22(19)30-3)21-16-8-14(11-25-23(16)27-26-21)17-12-24-18-7-5-4-6-15(17)18/h4-12,24H,1-3H3,(H,25,26,27). The molecule has 0 aliphatic carbocycles. The lowest BCUT2D eigenvalue weighted by Gasteiger charge is -2.13. The van der Waals surface area contributed by atoms with E-state index in [9.17, 15) is 0 Å². The number of benzene rings is 2. The van der Waals surface area contributed by atoms with Crippen molar-refractivity contribution >= 4 is 21.9 Å². The Balaban J connectivity index is 1.69. The van der Waals surface area contributed by atoms with Crippen molar-refractivity contribution in [2.75, 3.05) is 21.3 Å². The Morgan fingerprint density at radius 2 is 1.60 bits per heavy atom. The Hall–Kier alpha value is -4.00. The van der Waals surface area contributed by atoms with Gasteiger partial charge in [-0.25, -0.2) is 4.98 Å². The number of H-pyrrole nitrogens is 2. The molecule has 5 aromatic rings. The molecular formula is C23H20N4O3. The fourth-order valence-electron chi connectivity index (χ4n) is 3.80. The van der Waals surface area contributed by atoms with Crippen molar-refractivity contribution < 1.29 is 14.2 Å². The molecule has 150 valence electrons. The van der Waals surface area contributed by atoms with E-state index in [0.717, 1.165) is 38.7 Å². The number of aromatic amines is 2. The largest absolute Gasteiger partial charge is 0.493 e. The van der Waals surface area contributed by atoms with E-state index >= 15 is 0 Å². The normalized spacial score (nSPS) is 11.2. The van der Waals surface area contributed by atoms with Gasteiger partial charge in [-0.3, -0.25) is 5.10 Å². The predicted molar refractivity (Wildman–Crippen MR) is 116 cm³/mol. The molecule has 0 unspecified atom stereocenters. The molecule has 0 fully saturated rings. The van der Waals surface area contributed by atoms with E-state index < -0.39 is 0 Å². The van der Waals surface area contributed by atoms with Gasteiger partial charge in [-0.1, -0.05) is 18.2 Å². The van der Waals surface area contributed by atoms with Gasteiger partial charge in [-0.2, -0.15) is 5.10 Å². The van der Waals surface area contributed by atoms with Gasteiger partial charge in [0.2, 0.25) is 5.75 Å². The Bertz CT molecular complexity index is 1340. The zero-order valence-electron chi connectivity index (χ0n) is 16.8. The van der Waals surface area contributed by atoms with E-state index in [-0.39, 0.29) is 0 Å². The first-order chi connectivity index (χ1) is 14.7. The number of rotatable bonds is 5. The maximum Gasteiger partial charge on any atom is 0.203 e. The maximum atomic E-state index is 5.50. The number of ether oxygens (including phenoxy) is 3. The van der Waals surface area contributed by atoms with Gasteiger partial charge >= 0.3 is 0 Å². The molecule has 2 aromatic carbocycles. The summed E-state index contributed by atoms with van der Waals surface area (Å²) >= 11 is 0. The van der Waals surface area contributed by atoms with Gasteiger partial charge in [0, 0.05) is 45.4 Å². The van der Waals surface area contributed by atoms with Gasteiger partial charge in [0.1, 0.15) is 0 Å². The van der Waals surface area contributed by atoms with Gasteiger partial charge in [-0.05, 0) is 24.3 Å². The van der Waals surface area contributed by atoms with Gasteiger partial charge in [0.15, 0.2) is 17.1 Å². The van der Waals surface area contributed by atoms with Crippen molar-refractivity contribution in [3.8, 4) is 39.6 Å². The lowest BCUT2D eigenvalue weighted by atomic mass is 10.0. The Morgan fingerprint density at radius 3 is 2.33 bits per heavy atom. The first-order valence-corrected chi connectivity index (χ1v) is 9.44. The zero-order chi connectivity index (χ0) is 20.7. The average molecular weight is 400 g/mol. The summed E-state index contributed by atoms with van der Waals surface area (Å²) < 4.78 is 16.4. The molecule has 0 saturated carbocycles. The van der Waals surface area contributed by atoms with E-state index in [1.807, 2.05) is 36.7 Å². The monoisotopic (exact) mass is 400 g/mol. The Labute approximate surface area is 172 Å². The van der Waals surface area contributed by atoms with Crippen LogP contribution in [-0.4, -0.2) is 41.5 Å². The number of methoxy groups -OCH3 is 3. The van der Waals surface area contributed by atoms with Crippen LogP contribution in [-0.2, 0) is 0 Å². The van der Waals surface area contributed by atoms with E-state index in [1.165, 1.54) is 0 Å². The van der Waals surface area contributed by atoms with Crippen LogP contribution in [0.2, 0.25) is 0 Å². The molecule has 5 rings (SSSR count). The zero-order valence-corrected chi connectivity index (χ0v) is 16.8. The number of para-hydroxylation sites is 1. The van der Waals surface area contributed by atoms with Crippen LogP contribution in [0.4, 0.5) is 0 Å². The highest BCUT2D eigenvalue weighted by Crippen LogP contribution is 2.42. The molecule has 0 bridgehead atoms. The minimum Gasteiger partial charge on any atom is -0.493 e. The summed E-state index contributed by atoms with van der Waals surface area (Å²) in [5.41, 5.74) is 5.53. The predicted octanol–water partition coefficient (Wildman–Crippen LogP) is 4.80. The SMILES string of the molecule is COc1cc(-c2[nH]nc3ncc(-c4c[nH]c5ccccc45)cc23)cc(OC)c1OC. The van der Waals surface area contributed by atoms with Crippen molar-refractivity contribution in [1.29, 1.82) is 0 Å². The molecule has 2 N–H and O–H groups in total. The fraction of sp³-hybridized carbons (Fsp3) is 0.130. The Kier molecular flexibility index (Phi) is 4.28. The van der Waals surface area contributed by atoms with Crippen LogP contribution in [0.25, 0.3) is 44.3 Å². The van der Waals surface area contributed by atoms with E-state index in [2.05, 4.69) is 38.4 Å². The molecule has 0 radical (unpaired) electrons. The molecule has 3 aromatic heterocycles. The van der Waals surface area contributed by atoms with Gasteiger partial charge in [0.25, 0.3) is 0 Å². The van der Waals surface area contributed by atoms with Crippen LogP contribution in [0, 0.1) is 0 Å². The minimum absolute atomic E-state index is 0.546. The molecule has 0 aliphatic rings. The maximum absolute atomic E-state index is 5.50. The van der Waals surface area contributed by atoms with Crippen LogP contribution < -0.4 is 14.2 Å². The highest BCUT2D eigenvalue weighted by Gasteiger charge is 2.18. The molecule has 0 aliphatic heterocycles. The summed E-state index contributed by atoms with van der Waals surface area (Å²) in [5, 5.41) is 9.54. The molecule has 0 atom stereocenters. The second-order valence-electron chi connectivity index (χ2n) is 6.86. The molecule has 7 heteroatoms. The van der Waals surface area contributed by atoms with Crippen LogP contribution in [0.5, 0.6) is 17.2 Å². The summed E-state index contributed by atoms with van der Waals surface area (Å²) in [6.45, 7) is 0. The van der Waals surface area contributed by atoms with E-state index in [0.29, 0.717) is 22.9 Å². The smallest absolute Gasteiger partial charge is 0.203 e. The topological polar surface area (TPSA) is 85.1 Å². The van der Waals surface area contributed by atoms with Gasteiger partial charge in [-0.15, -0.1) is 0 Å². The number of aromatic nitrogens is 4. The third-order valence-corrected chi connectivity index (χ3v) is 5.26. The Morgan fingerprint density at radius 1 is 0.833 bits per heavy atom. The van der Waals surface area contributed by atoms with Crippen LogP contribution in [0.1, 0.15) is 0 Å². The van der Waals surface area contributed by atoms with Crippen LogP contribution in [0.15, 0.2) is 54.9 Å². The number of pyridine rings is 1. The first-order valence-electron chi connectivity index (χ1n) is 9.44. The minimum atomic E-state index is 0.546. The number of fused-ring (bicyclic) bond motifs is 2. The summed E-state index contributed by atoms with van der Waals surface area (Å²) in [7, 11) is 4.79. The van der Waals surface area contributed by atoms with E-state index in [1.54, 1.807) is 21.3 Å². The first kappa shape index (κ1) is 18.1. The van der Waals surface area contributed by atoms with E-state index in [4.69, 9.17) is 14.2 Å². The average Bonchev–Trinajstić information content (AvgIpc) is 3.41. The highest BCUT2D eigenvalue weighted by atomic mass is 16.5. The van der Waals surface area contributed by atoms with Crippen molar-refractivity contribution in [3.05, 3.63) is 54.9 Å². The second-order valence-corrected chi connectivity index (χ2v) is 6.86. The molecule has 3 heterocycles. The van der Waals surface area contributed by atoms with Crippen LogP contribution >= 0.6 is 0 Å². The lowest BCUT2D eigenvalue weighted by molar-refractivity contribution is 0.324. The van der Waals surface area contributed by atoms with Gasteiger partial charge in [0.05, 0.1) is 27.0 Å². The molecule has 0 saturated heterocycles. The second kappa shape index (κ2) is 7.11. The quantitative estimate of drug-likeness (QED) is 0.443. The van der Waals surface area contributed by atoms with Crippen molar-refractivity contribution in [3.63, 3.8) is 0 Å². The molecule has 0 spiro atoms. The van der Waals surface area contributed by atoms with Crippen molar-refractivity contribution in [1.82, 2.24) is 20.2 Å². The fourth-order valence-corrected chi connectivity index (χ4v) is 3.80.